The van der Waals surface area contributed by atoms with E-state index < -0.39 is 0 Å². The topological polar surface area (TPSA) is 44.4 Å². The maximum absolute atomic E-state index is 11.3. The van der Waals surface area contributed by atoms with E-state index in [1.54, 1.807) is 4.90 Å². The molecule has 0 aliphatic carbocycles. The summed E-state index contributed by atoms with van der Waals surface area (Å²) in [6, 6.07) is 0.0263. The number of carbonyl (C=O) groups excluding carboxylic acids is 1. The zero-order chi connectivity index (χ0) is 8.81. The molecule has 1 fully saturated rings. The van der Waals surface area contributed by atoms with Gasteiger partial charge in [-0.1, -0.05) is 6.92 Å². The second kappa shape index (κ2) is 4.98. The summed E-state index contributed by atoms with van der Waals surface area (Å²) < 4.78 is 0. The molecule has 2 amide bonds. The van der Waals surface area contributed by atoms with E-state index in [1.165, 1.54) is 0 Å². The third kappa shape index (κ3) is 2.70. The summed E-state index contributed by atoms with van der Waals surface area (Å²) in [6.45, 7) is 7.14. The fraction of sp³-hybridized carbons (Fsp3) is 0.750. The monoisotopic (exact) mass is 170 g/mol. The SMILES string of the molecule is CCCNC(=O)N1[CH]CNCC1. The van der Waals surface area contributed by atoms with Crippen molar-refractivity contribution < 1.29 is 4.79 Å². The third-order valence-electron chi connectivity index (χ3n) is 1.77. The molecule has 1 heterocycles. The number of nitrogens with zero attached hydrogens (tertiary/aromatic N) is 1. The molecule has 0 aromatic rings. The number of piperazine rings is 1. The molecule has 1 radical (unpaired) electrons. The van der Waals surface area contributed by atoms with Gasteiger partial charge in [0.05, 0.1) is 6.54 Å². The van der Waals surface area contributed by atoms with E-state index in [1.807, 2.05) is 13.5 Å². The number of hydrogen-bond acceptors (Lipinski definition) is 2. The number of carbonyl (C=O) groups is 1. The van der Waals surface area contributed by atoms with E-state index in [2.05, 4.69) is 10.6 Å². The van der Waals surface area contributed by atoms with Crippen LogP contribution in [0.3, 0.4) is 0 Å². The van der Waals surface area contributed by atoms with Crippen molar-refractivity contribution in [2.75, 3.05) is 26.2 Å². The van der Waals surface area contributed by atoms with E-state index in [0.29, 0.717) is 0 Å². The standard InChI is InChI=1S/C8H16N3O/c1-2-3-10-8(12)11-6-4-9-5-7-11/h6,9H,2-5,7H2,1H3,(H,10,12). The second-order valence-electron chi connectivity index (χ2n) is 2.81. The predicted octanol–water partition coefficient (Wildman–Crippen LogP) is 0.173. The van der Waals surface area contributed by atoms with Gasteiger partial charge in [0.1, 0.15) is 0 Å². The molecule has 0 bridgehead atoms. The number of hydrogen-bond donors (Lipinski definition) is 2. The first kappa shape index (κ1) is 9.32. The molecule has 4 heteroatoms. The molecular weight excluding hydrogens is 154 g/mol. The molecule has 0 saturated carbocycles. The molecular formula is C8H16N3O. The first-order valence-electron chi connectivity index (χ1n) is 4.43. The van der Waals surface area contributed by atoms with Crippen molar-refractivity contribution in [1.82, 2.24) is 15.5 Å². The van der Waals surface area contributed by atoms with Crippen molar-refractivity contribution >= 4 is 6.03 Å². The van der Waals surface area contributed by atoms with Crippen molar-refractivity contribution in [2.45, 2.75) is 13.3 Å². The minimum atomic E-state index is 0.0263. The lowest BCUT2D eigenvalue weighted by Crippen LogP contribution is -2.47. The maximum Gasteiger partial charge on any atom is 0.317 e. The molecule has 1 rings (SSSR count). The molecule has 0 aromatic heterocycles. The van der Waals surface area contributed by atoms with Crippen molar-refractivity contribution in [3.8, 4) is 0 Å². The highest BCUT2D eigenvalue weighted by atomic mass is 16.2. The van der Waals surface area contributed by atoms with Gasteiger partial charge in [0.2, 0.25) is 0 Å². The van der Waals surface area contributed by atoms with Crippen LogP contribution in [0.5, 0.6) is 0 Å². The smallest absolute Gasteiger partial charge is 0.317 e. The first-order chi connectivity index (χ1) is 5.84. The Labute approximate surface area is 73.3 Å². The maximum atomic E-state index is 11.3. The normalized spacial score (nSPS) is 17.6. The molecule has 1 aliphatic rings. The minimum Gasteiger partial charge on any atom is -0.338 e. The van der Waals surface area contributed by atoms with Crippen LogP contribution < -0.4 is 10.6 Å². The summed E-state index contributed by atoms with van der Waals surface area (Å²) >= 11 is 0. The lowest BCUT2D eigenvalue weighted by Gasteiger charge is -2.26. The molecule has 0 aromatic carbocycles. The highest BCUT2D eigenvalue weighted by Crippen LogP contribution is 1.96. The van der Waals surface area contributed by atoms with Crippen LogP contribution in [0.2, 0.25) is 0 Å². The van der Waals surface area contributed by atoms with Gasteiger partial charge < -0.3 is 15.5 Å². The molecule has 0 spiro atoms. The molecule has 0 atom stereocenters. The molecule has 69 valence electrons. The van der Waals surface area contributed by atoms with Crippen LogP contribution in [-0.4, -0.2) is 37.1 Å². The van der Waals surface area contributed by atoms with Gasteiger partial charge in [0.25, 0.3) is 0 Å². The Morgan fingerprint density at radius 3 is 3.17 bits per heavy atom. The van der Waals surface area contributed by atoms with Gasteiger partial charge in [-0.3, -0.25) is 0 Å². The van der Waals surface area contributed by atoms with Crippen LogP contribution in [0.15, 0.2) is 0 Å². The average Bonchev–Trinajstić information content (AvgIpc) is 2.15. The van der Waals surface area contributed by atoms with E-state index in [0.717, 1.165) is 32.6 Å². The molecule has 1 saturated heterocycles. The van der Waals surface area contributed by atoms with E-state index in [-0.39, 0.29) is 6.03 Å². The van der Waals surface area contributed by atoms with Crippen LogP contribution in [-0.2, 0) is 0 Å². The Bertz CT molecular complexity index is 143. The van der Waals surface area contributed by atoms with Crippen LogP contribution >= 0.6 is 0 Å². The van der Waals surface area contributed by atoms with Crippen LogP contribution in [0.1, 0.15) is 13.3 Å². The number of urea groups is 1. The Kier molecular flexibility index (Phi) is 3.87. The molecule has 12 heavy (non-hydrogen) atoms. The van der Waals surface area contributed by atoms with Crippen molar-refractivity contribution in [2.24, 2.45) is 0 Å². The summed E-state index contributed by atoms with van der Waals surface area (Å²) in [5, 5.41) is 5.98. The fourth-order valence-electron chi connectivity index (χ4n) is 1.09. The van der Waals surface area contributed by atoms with Gasteiger partial charge in [-0.05, 0) is 6.42 Å². The number of nitrogens with one attached hydrogen (secondary N) is 2. The van der Waals surface area contributed by atoms with Crippen LogP contribution in [0.4, 0.5) is 4.79 Å². The lowest BCUT2D eigenvalue weighted by atomic mass is 10.4. The van der Waals surface area contributed by atoms with Gasteiger partial charge in [-0.15, -0.1) is 0 Å². The molecule has 1 aliphatic heterocycles. The van der Waals surface area contributed by atoms with E-state index in [4.69, 9.17) is 0 Å². The molecule has 4 nitrogen and oxygen atoms in total. The van der Waals surface area contributed by atoms with E-state index in [9.17, 15) is 4.79 Å². The number of amides is 2. The number of rotatable bonds is 2. The lowest BCUT2D eigenvalue weighted by molar-refractivity contribution is 0.203. The molecule has 2 N–H and O–H groups in total. The van der Waals surface area contributed by atoms with Gasteiger partial charge in [-0.2, -0.15) is 0 Å². The van der Waals surface area contributed by atoms with Crippen LogP contribution in [0, 0.1) is 6.54 Å². The van der Waals surface area contributed by atoms with Crippen molar-refractivity contribution in [3.63, 3.8) is 0 Å². The van der Waals surface area contributed by atoms with Gasteiger partial charge >= 0.3 is 6.03 Å². The fourth-order valence-corrected chi connectivity index (χ4v) is 1.09. The van der Waals surface area contributed by atoms with Gasteiger partial charge in [-0.25, -0.2) is 4.79 Å². The van der Waals surface area contributed by atoms with Gasteiger partial charge in [0, 0.05) is 26.2 Å². The zero-order valence-corrected chi connectivity index (χ0v) is 7.47. The second-order valence-corrected chi connectivity index (χ2v) is 2.81. The Morgan fingerprint density at radius 2 is 2.58 bits per heavy atom. The van der Waals surface area contributed by atoms with Crippen molar-refractivity contribution in [1.29, 1.82) is 0 Å². The average molecular weight is 170 g/mol. The predicted molar refractivity (Wildman–Crippen MR) is 47.6 cm³/mol. The quantitative estimate of drug-likeness (QED) is 0.620. The summed E-state index contributed by atoms with van der Waals surface area (Å²) in [7, 11) is 0. The van der Waals surface area contributed by atoms with Gasteiger partial charge in [0.15, 0.2) is 0 Å². The Hall–Kier alpha value is -0.770. The van der Waals surface area contributed by atoms with Crippen LogP contribution in [0.25, 0.3) is 0 Å². The molecule has 0 unspecified atom stereocenters. The minimum absolute atomic E-state index is 0.0263. The Balaban J connectivity index is 2.20. The summed E-state index contributed by atoms with van der Waals surface area (Å²) in [5.41, 5.74) is 0. The largest absolute Gasteiger partial charge is 0.338 e. The zero-order valence-electron chi connectivity index (χ0n) is 7.47. The summed E-state index contributed by atoms with van der Waals surface area (Å²) in [4.78, 5) is 13.0. The highest BCUT2D eigenvalue weighted by molar-refractivity contribution is 5.74. The highest BCUT2D eigenvalue weighted by Gasteiger charge is 2.14. The van der Waals surface area contributed by atoms with E-state index >= 15 is 0 Å². The third-order valence-corrected chi connectivity index (χ3v) is 1.77. The summed E-state index contributed by atoms with van der Waals surface area (Å²) in [5.74, 6) is 0. The summed E-state index contributed by atoms with van der Waals surface area (Å²) in [6.07, 6.45) is 0.984. The Morgan fingerprint density at radius 1 is 1.75 bits per heavy atom. The van der Waals surface area contributed by atoms with Crippen molar-refractivity contribution in [3.05, 3.63) is 6.54 Å². The first-order valence-corrected chi connectivity index (χ1v) is 4.43.